The zero-order valence-corrected chi connectivity index (χ0v) is 13.5. The van der Waals surface area contributed by atoms with E-state index in [9.17, 15) is 13.2 Å². The first-order valence-corrected chi connectivity index (χ1v) is 9.20. The van der Waals surface area contributed by atoms with Crippen molar-refractivity contribution in [2.75, 3.05) is 18.8 Å². The van der Waals surface area contributed by atoms with Crippen molar-refractivity contribution in [2.45, 2.75) is 17.7 Å². The summed E-state index contributed by atoms with van der Waals surface area (Å²) < 4.78 is 25.3. The molecule has 2 aromatic rings. The molecule has 1 aliphatic rings. The first kappa shape index (κ1) is 15.3. The summed E-state index contributed by atoms with van der Waals surface area (Å²) >= 11 is 6.12. The average Bonchev–Trinajstić information content (AvgIpc) is 3.01. The Morgan fingerprint density at radius 1 is 1.05 bits per heavy atom. The van der Waals surface area contributed by atoms with E-state index in [1.54, 1.807) is 35.2 Å². The number of fused-ring (bicyclic) bond motifs is 1. The Bertz CT molecular complexity index is 826. The zero-order valence-electron chi connectivity index (χ0n) is 12.0. The highest BCUT2D eigenvalue weighted by Crippen LogP contribution is 2.30. The predicted octanol–water partition coefficient (Wildman–Crippen LogP) is 2.89. The van der Waals surface area contributed by atoms with Gasteiger partial charge in [0.2, 0.25) is 5.91 Å². The molecular weight excluding hydrogens is 322 g/mol. The van der Waals surface area contributed by atoms with E-state index >= 15 is 0 Å². The molecule has 2 aromatic carbocycles. The molecule has 0 unspecified atom stereocenters. The van der Waals surface area contributed by atoms with Crippen molar-refractivity contribution in [2.24, 2.45) is 0 Å². The van der Waals surface area contributed by atoms with Crippen LogP contribution in [0.5, 0.6) is 0 Å². The molecule has 0 spiro atoms. The fraction of sp³-hybridized carbons (Fsp3) is 0.312. The number of likely N-dealkylation sites (tertiary alicyclic amines) is 1. The molecule has 1 heterocycles. The standard InChI is InChI=1S/C16H16ClNO3S/c17-14-7-8-15(13-6-2-1-5-12(13)14)22(20,21)11-16(19)18-9-3-4-10-18/h1-2,5-8H,3-4,9-11H2. The molecule has 4 nitrogen and oxygen atoms in total. The number of carbonyl (C=O) groups excluding carboxylic acids is 1. The number of carbonyl (C=O) groups is 1. The summed E-state index contributed by atoms with van der Waals surface area (Å²) in [5.74, 6) is -0.810. The molecule has 1 fully saturated rings. The number of benzene rings is 2. The fourth-order valence-corrected chi connectivity index (χ4v) is 4.48. The van der Waals surface area contributed by atoms with Gasteiger partial charge in [-0.1, -0.05) is 35.9 Å². The Labute approximate surface area is 134 Å². The SMILES string of the molecule is O=C(CS(=O)(=O)c1ccc(Cl)c2ccccc12)N1CCCC1. The molecule has 0 aliphatic carbocycles. The fourth-order valence-electron chi connectivity index (χ4n) is 2.80. The number of nitrogens with zero attached hydrogens (tertiary/aromatic N) is 1. The van der Waals surface area contributed by atoms with Gasteiger partial charge >= 0.3 is 0 Å². The topological polar surface area (TPSA) is 54.5 Å². The van der Waals surface area contributed by atoms with Crippen molar-refractivity contribution >= 4 is 38.1 Å². The van der Waals surface area contributed by atoms with Crippen molar-refractivity contribution in [3.63, 3.8) is 0 Å². The van der Waals surface area contributed by atoms with Crippen molar-refractivity contribution in [1.29, 1.82) is 0 Å². The van der Waals surface area contributed by atoms with Crippen LogP contribution in [0.2, 0.25) is 5.02 Å². The molecule has 116 valence electrons. The minimum absolute atomic E-state index is 0.167. The van der Waals surface area contributed by atoms with E-state index in [0.717, 1.165) is 12.8 Å². The van der Waals surface area contributed by atoms with Crippen LogP contribution in [0.15, 0.2) is 41.3 Å². The van der Waals surface area contributed by atoms with Crippen molar-refractivity contribution in [3.8, 4) is 0 Å². The number of sulfone groups is 1. The molecule has 0 saturated carbocycles. The quantitative estimate of drug-likeness (QED) is 0.865. The van der Waals surface area contributed by atoms with Crippen LogP contribution in [-0.2, 0) is 14.6 Å². The highest BCUT2D eigenvalue weighted by molar-refractivity contribution is 7.92. The molecule has 3 rings (SSSR count). The molecule has 0 bridgehead atoms. The van der Waals surface area contributed by atoms with Gasteiger partial charge in [0, 0.05) is 28.9 Å². The lowest BCUT2D eigenvalue weighted by atomic mass is 10.1. The van der Waals surface area contributed by atoms with Gasteiger partial charge in [0.25, 0.3) is 0 Å². The third-order valence-electron chi connectivity index (χ3n) is 3.94. The van der Waals surface area contributed by atoms with Crippen LogP contribution in [0.1, 0.15) is 12.8 Å². The van der Waals surface area contributed by atoms with E-state index in [1.165, 1.54) is 6.07 Å². The largest absolute Gasteiger partial charge is 0.342 e. The summed E-state index contributed by atoms with van der Waals surface area (Å²) in [5, 5.41) is 1.74. The first-order valence-electron chi connectivity index (χ1n) is 7.17. The number of rotatable bonds is 3. The summed E-state index contributed by atoms with van der Waals surface area (Å²) in [6.07, 6.45) is 1.88. The summed E-state index contributed by atoms with van der Waals surface area (Å²) in [4.78, 5) is 13.9. The monoisotopic (exact) mass is 337 g/mol. The lowest BCUT2D eigenvalue weighted by Crippen LogP contribution is -2.33. The molecule has 1 amide bonds. The van der Waals surface area contributed by atoms with Gasteiger partial charge in [0.05, 0.1) is 4.90 Å². The molecule has 1 aliphatic heterocycles. The van der Waals surface area contributed by atoms with Gasteiger partial charge in [-0.25, -0.2) is 8.42 Å². The Kier molecular flexibility index (Phi) is 4.10. The summed E-state index contributed by atoms with van der Waals surface area (Å²) in [6.45, 7) is 1.30. The van der Waals surface area contributed by atoms with Gasteiger partial charge in [-0.3, -0.25) is 4.79 Å². The Hall–Kier alpha value is -1.59. The summed E-state index contributed by atoms with van der Waals surface area (Å²) in [7, 11) is -3.69. The lowest BCUT2D eigenvalue weighted by molar-refractivity contribution is -0.127. The highest BCUT2D eigenvalue weighted by Gasteiger charge is 2.26. The van der Waals surface area contributed by atoms with Gasteiger partial charge in [0.1, 0.15) is 5.75 Å². The molecule has 0 atom stereocenters. The Morgan fingerprint density at radius 3 is 2.36 bits per heavy atom. The second-order valence-corrected chi connectivity index (χ2v) is 7.80. The van der Waals surface area contributed by atoms with E-state index in [0.29, 0.717) is 28.9 Å². The van der Waals surface area contributed by atoms with Crippen LogP contribution >= 0.6 is 11.6 Å². The number of hydrogen-bond donors (Lipinski definition) is 0. The third-order valence-corrected chi connectivity index (χ3v) is 5.92. The Balaban J connectivity index is 1.99. The normalized spacial score (nSPS) is 15.4. The van der Waals surface area contributed by atoms with Crippen LogP contribution in [-0.4, -0.2) is 38.1 Å². The van der Waals surface area contributed by atoms with E-state index in [4.69, 9.17) is 11.6 Å². The predicted molar refractivity (Wildman–Crippen MR) is 86.8 cm³/mol. The molecular formula is C16H16ClNO3S. The van der Waals surface area contributed by atoms with E-state index in [-0.39, 0.29) is 10.8 Å². The maximum atomic E-state index is 12.6. The number of hydrogen-bond acceptors (Lipinski definition) is 3. The molecule has 6 heteroatoms. The smallest absolute Gasteiger partial charge is 0.238 e. The van der Waals surface area contributed by atoms with Crippen LogP contribution in [0, 0.1) is 0 Å². The molecule has 22 heavy (non-hydrogen) atoms. The van der Waals surface area contributed by atoms with Crippen molar-refractivity contribution < 1.29 is 13.2 Å². The van der Waals surface area contributed by atoms with Gasteiger partial charge < -0.3 is 4.90 Å². The van der Waals surface area contributed by atoms with E-state index in [2.05, 4.69) is 0 Å². The summed E-state index contributed by atoms with van der Waals surface area (Å²) in [6, 6.07) is 10.1. The first-order chi connectivity index (χ1) is 10.5. The molecule has 1 saturated heterocycles. The second-order valence-electron chi connectivity index (χ2n) is 5.44. The summed E-state index contributed by atoms with van der Waals surface area (Å²) in [5.41, 5.74) is 0. The number of halogens is 1. The van der Waals surface area contributed by atoms with Crippen LogP contribution in [0.25, 0.3) is 10.8 Å². The minimum Gasteiger partial charge on any atom is -0.342 e. The third kappa shape index (κ3) is 2.83. The van der Waals surface area contributed by atoms with Gasteiger partial charge in [-0.2, -0.15) is 0 Å². The van der Waals surface area contributed by atoms with Gasteiger partial charge in [-0.15, -0.1) is 0 Å². The van der Waals surface area contributed by atoms with Gasteiger partial charge in [-0.05, 0) is 25.0 Å². The minimum atomic E-state index is -3.69. The number of amides is 1. The van der Waals surface area contributed by atoms with E-state index in [1.807, 2.05) is 0 Å². The zero-order chi connectivity index (χ0) is 15.7. The van der Waals surface area contributed by atoms with Gasteiger partial charge in [0.15, 0.2) is 9.84 Å². The maximum absolute atomic E-state index is 12.6. The van der Waals surface area contributed by atoms with Crippen molar-refractivity contribution in [3.05, 3.63) is 41.4 Å². The van der Waals surface area contributed by atoms with Crippen LogP contribution < -0.4 is 0 Å². The lowest BCUT2D eigenvalue weighted by Gasteiger charge is -2.16. The highest BCUT2D eigenvalue weighted by atomic mass is 35.5. The average molecular weight is 338 g/mol. The van der Waals surface area contributed by atoms with Crippen molar-refractivity contribution in [1.82, 2.24) is 4.90 Å². The van der Waals surface area contributed by atoms with Crippen LogP contribution in [0.4, 0.5) is 0 Å². The Morgan fingerprint density at radius 2 is 1.68 bits per heavy atom. The van der Waals surface area contributed by atoms with E-state index < -0.39 is 15.6 Å². The second kappa shape index (κ2) is 5.89. The molecule has 0 radical (unpaired) electrons. The molecule has 0 N–H and O–H groups in total. The maximum Gasteiger partial charge on any atom is 0.238 e. The van der Waals surface area contributed by atoms with Crippen LogP contribution in [0.3, 0.4) is 0 Å². The molecule has 0 aromatic heterocycles.